The number of ether oxygens (including phenoxy) is 1. The first-order valence-corrected chi connectivity index (χ1v) is 7.14. The molecule has 0 saturated heterocycles. The average Bonchev–Trinajstić information content (AvgIpc) is 2.42. The third kappa shape index (κ3) is 4.83. The number of nitrogens with one attached hydrogen (secondary N) is 1. The maximum absolute atomic E-state index is 13.2. The van der Waals surface area contributed by atoms with Gasteiger partial charge in [-0.3, -0.25) is 0 Å². The normalized spacial score (nSPS) is 13.6. The molecule has 1 atom stereocenters. The van der Waals surface area contributed by atoms with E-state index < -0.39 is 5.54 Å². The van der Waals surface area contributed by atoms with Crippen molar-refractivity contribution in [3.63, 3.8) is 0 Å². The van der Waals surface area contributed by atoms with Crippen LogP contribution in [0.3, 0.4) is 0 Å². The molecule has 0 amide bonds. The van der Waals surface area contributed by atoms with Gasteiger partial charge >= 0.3 is 5.97 Å². The molecule has 0 heterocycles. The molecular formula is C16H24FNO2. The Kier molecular flexibility index (Phi) is 6.49. The second kappa shape index (κ2) is 7.88. The van der Waals surface area contributed by atoms with E-state index in [9.17, 15) is 9.18 Å². The summed E-state index contributed by atoms with van der Waals surface area (Å²) in [4.78, 5) is 12.0. The summed E-state index contributed by atoms with van der Waals surface area (Å²) in [6.07, 6.45) is 4.97. The zero-order valence-electron chi connectivity index (χ0n) is 12.5. The number of anilines is 1. The topological polar surface area (TPSA) is 38.3 Å². The van der Waals surface area contributed by atoms with E-state index in [0.29, 0.717) is 12.1 Å². The molecule has 0 radical (unpaired) electrons. The smallest absolute Gasteiger partial charge is 0.331 e. The molecule has 0 saturated carbocycles. The van der Waals surface area contributed by atoms with Gasteiger partial charge in [0.1, 0.15) is 11.4 Å². The van der Waals surface area contributed by atoms with Crippen molar-refractivity contribution in [1.82, 2.24) is 0 Å². The van der Waals surface area contributed by atoms with Gasteiger partial charge < -0.3 is 10.1 Å². The number of halogens is 1. The lowest BCUT2D eigenvalue weighted by Crippen LogP contribution is -2.44. The lowest BCUT2D eigenvalue weighted by Gasteiger charge is -2.29. The standard InChI is InChI=1S/C16H24FNO2/c1-4-5-6-7-11-16(2,15(19)20-3)18-14-10-8-9-13(17)12-14/h8-10,12,18H,4-7,11H2,1-3H3. The van der Waals surface area contributed by atoms with E-state index in [-0.39, 0.29) is 11.8 Å². The number of hydrogen-bond acceptors (Lipinski definition) is 3. The van der Waals surface area contributed by atoms with Crippen LogP contribution in [-0.4, -0.2) is 18.6 Å². The summed E-state index contributed by atoms with van der Waals surface area (Å²) in [6, 6.07) is 6.12. The lowest BCUT2D eigenvalue weighted by molar-refractivity contribution is -0.145. The van der Waals surface area contributed by atoms with Crippen LogP contribution in [0.15, 0.2) is 24.3 Å². The zero-order valence-corrected chi connectivity index (χ0v) is 12.5. The Morgan fingerprint density at radius 2 is 2.10 bits per heavy atom. The minimum atomic E-state index is -0.823. The number of carbonyl (C=O) groups excluding carboxylic acids is 1. The van der Waals surface area contributed by atoms with Gasteiger partial charge in [0, 0.05) is 5.69 Å². The number of hydrogen-bond donors (Lipinski definition) is 1. The van der Waals surface area contributed by atoms with Gasteiger partial charge in [-0.1, -0.05) is 38.7 Å². The van der Waals surface area contributed by atoms with Crippen LogP contribution in [0.5, 0.6) is 0 Å². The highest BCUT2D eigenvalue weighted by Gasteiger charge is 2.33. The summed E-state index contributed by atoms with van der Waals surface area (Å²) in [5, 5.41) is 3.11. The second-order valence-corrected chi connectivity index (χ2v) is 5.27. The third-order valence-electron chi connectivity index (χ3n) is 3.41. The van der Waals surface area contributed by atoms with Crippen LogP contribution in [-0.2, 0) is 9.53 Å². The molecule has 0 fully saturated rings. The van der Waals surface area contributed by atoms with E-state index in [0.717, 1.165) is 25.7 Å². The Morgan fingerprint density at radius 3 is 2.70 bits per heavy atom. The average molecular weight is 281 g/mol. The van der Waals surface area contributed by atoms with E-state index in [1.54, 1.807) is 19.1 Å². The van der Waals surface area contributed by atoms with Gasteiger partial charge in [-0.25, -0.2) is 9.18 Å². The Bertz CT molecular complexity index is 436. The highest BCUT2D eigenvalue weighted by molar-refractivity contribution is 5.83. The molecule has 1 aromatic rings. The van der Waals surface area contributed by atoms with Gasteiger partial charge in [0.15, 0.2) is 0 Å². The van der Waals surface area contributed by atoms with Crippen molar-refractivity contribution in [2.24, 2.45) is 0 Å². The summed E-state index contributed by atoms with van der Waals surface area (Å²) in [6.45, 7) is 3.94. The summed E-state index contributed by atoms with van der Waals surface area (Å²) >= 11 is 0. The number of methoxy groups -OCH3 is 1. The molecule has 0 aliphatic rings. The van der Waals surface area contributed by atoms with Crippen molar-refractivity contribution >= 4 is 11.7 Å². The van der Waals surface area contributed by atoms with E-state index in [1.165, 1.54) is 19.2 Å². The van der Waals surface area contributed by atoms with Gasteiger partial charge in [-0.05, 0) is 31.5 Å². The molecule has 0 aromatic heterocycles. The summed E-state index contributed by atoms with van der Waals surface area (Å²) < 4.78 is 18.1. The number of unbranched alkanes of at least 4 members (excludes halogenated alkanes) is 3. The van der Waals surface area contributed by atoms with Crippen molar-refractivity contribution in [2.45, 2.75) is 51.5 Å². The molecule has 0 aliphatic carbocycles. The molecule has 0 aliphatic heterocycles. The van der Waals surface area contributed by atoms with Crippen molar-refractivity contribution in [1.29, 1.82) is 0 Å². The van der Waals surface area contributed by atoms with Crippen molar-refractivity contribution < 1.29 is 13.9 Å². The first-order chi connectivity index (χ1) is 9.51. The summed E-state index contributed by atoms with van der Waals surface area (Å²) in [7, 11) is 1.37. The maximum Gasteiger partial charge on any atom is 0.331 e. The van der Waals surface area contributed by atoms with Crippen LogP contribution < -0.4 is 5.32 Å². The second-order valence-electron chi connectivity index (χ2n) is 5.27. The SMILES string of the molecule is CCCCCCC(C)(Nc1cccc(F)c1)C(=O)OC. The minimum absolute atomic E-state index is 0.321. The molecule has 4 heteroatoms. The van der Waals surface area contributed by atoms with Crippen LogP contribution in [0.2, 0.25) is 0 Å². The number of esters is 1. The number of rotatable bonds is 8. The van der Waals surface area contributed by atoms with Crippen LogP contribution in [0.4, 0.5) is 10.1 Å². The molecule has 0 bridgehead atoms. The Labute approximate surface area is 120 Å². The largest absolute Gasteiger partial charge is 0.467 e. The van der Waals surface area contributed by atoms with Gasteiger partial charge in [0.05, 0.1) is 7.11 Å². The van der Waals surface area contributed by atoms with Crippen LogP contribution in [0, 0.1) is 5.82 Å². The van der Waals surface area contributed by atoms with E-state index in [2.05, 4.69) is 12.2 Å². The Morgan fingerprint density at radius 1 is 1.35 bits per heavy atom. The predicted octanol–water partition coefficient (Wildman–Crippen LogP) is 4.14. The maximum atomic E-state index is 13.2. The first-order valence-electron chi connectivity index (χ1n) is 7.14. The van der Waals surface area contributed by atoms with Crippen molar-refractivity contribution in [3.8, 4) is 0 Å². The molecule has 3 nitrogen and oxygen atoms in total. The minimum Gasteiger partial charge on any atom is -0.467 e. The van der Waals surface area contributed by atoms with Crippen molar-refractivity contribution in [3.05, 3.63) is 30.1 Å². The van der Waals surface area contributed by atoms with Crippen LogP contribution in [0.1, 0.15) is 46.0 Å². The van der Waals surface area contributed by atoms with Gasteiger partial charge in [-0.15, -0.1) is 0 Å². The summed E-state index contributed by atoms with van der Waals surface area (Å²) in [5.74, 6) is -0.647. The van der Waals surface area contributed by atoms with Crippen LogP contribution >= 0.6 is 0 Å². The molecular weight excluding hydrogens is 257 g/mol. The van der Waals surface area contributed by atoms with E-state index >= 15 is 0 Å². The molecule has 0 spiro atoms. The first kappa shape index (κ1) is 16.5. The van der Waals surface area contributed by atoms with Crippen LogP contribution in [0.25, 0.3) is 0 Å². The molecule has 1 aromatic carbocycles. The quantitative estimate of drug-likeness (QED) is 0.575. The fraction of sp³-hybridized carbons (Fsp3) is 0.562. The van der Waals surface area contributed by atoms with E-state index in [1.807, 2.05) is 0 Å². The van der Waals surface area contributed by atoms with Gasteiger partial charge in [0.2, 0.25) is 0 Å². The Balaban J connectivity index is 2.74. The molecule has 20 heavy (non-hydrogen) atoms. The van der Waals surface area contributed by atoms with E-state index in [4.69, 9.17) is 4.74 Å². The fourth-order valence-electron chi connectivity index (χ4n) is 2.23. The molecule has 112 valence electrons. The number of carbonyl (C=O) groups is 1. The molecule has 1 rings (SSSR count). The number of benzene rings is 1. The molecule has 1 unspecified atom stereocenters. The highest BCUT2D eigenvalue weighted by Crippen LogP contribution is 2.23. The monoisotopic (exact) mass is 281 g/mol. The lowest BCUT2D eigenvalue weighted by atomic mass is 9.93. The third-order valence-corrected chi connectivity index (χ3v) is 3.41. The molecule has 1 N–H and O–H groups in total. The zero-order chi connectivity index (χ0) is 15.0. The fourth-order valence-corrected chi connectivity index (χ4v) is 2.23. The van der Waals surface area contributed by atoms with Gasteiger partial charge in [0.25, 0.3) is 0 Å². The highest BCUT2D eigenvalue weighted by atomic mass is 19.1. The van der Waals surface area contributed by atoms with Gasteiger partial charge in [-0.2, -0.15) is 0 Å². The Hall–Kier alpha value is -1.58. The summed E-state index contributed by atoms with van der Waals surface area (Å²) in [5.41, 5.74) is -0.232. The predicted molar refractivity (Wildman–Crippen MR) is 79.2 cm³/mol. The van der Waals surface area contributed by atoms with Crippen molar-refractivity contribution in [2.75, 3.05) is 12.4 Å².